The van der Waals surface area contributed by atoms with Crippen LogP contribution in [0.1, 0.15) is 37.7 Å². The Balaban J connectivity index is 2.91. The van der Waals surface area contributed by atoms with E-state index in [1.165, 1.54) is 17.2 Å². The highest BCUT2D eigenvalue weighted by atomic mass is 32.1. The number of nitrogens with one attached hydrogen (secondary N) is 1. The topological polar surface area (TPSA) is 99.6 Å². The minimum absolute atomic E-state index is 0.139. The van der Waals surface area contributed by atoms with Gasteiger partial charge in [-0.2, -0.15) is 0 Å². The van der Waals surface area contributed by atoms with Crippen LogP contribution in [0, 0.1) is 0 Å². The summed E-state index contributed by atoms with van der Waals surface area (Å²) in [4.78, 5) is 39.3. The summed E-state index contributed by atoms with van der Waals surface area (Å²) in [5, 5.41) is 13.2. The molecule has 1 heterocycles. The summed E-state index contributed by atoms with van der Waals surface area (Å²) in [5.74, 6) is -1.80. The monoisotopic (exact) mass is 299 g/mol. The fourth-order valence-electron chi connectivity index (χ4n) is 1.52. The number of carbonyl (C=O) groups is 3. The number of anilines is 1. The van der Waals surface area contributed by atoms with Crippen LogP contribution in [0.25, 0.3) is 0 Å². The second-order valence-electron chi connectivity index (χ2n) is 4.30. The zero-order chi connectivity index (χ0) is 15.3. The maximum atomic E-state index is 12.3. The molecule has 0 bridgehead atoms. The van der Waals surface area contributed by atoms with E-state index in [0.29, 0.717) is 11.6 Å². The van der Waals surface area contributed by atoms with Crippen molar-refractivity contribution in [1.29, 1.82) is 0 Å². The van der Waals surface area contributed by atoms with Gasteiger partial charge in [-0.1, -0.05) is 6.92 Å². The maximum absolute atomic E-state index is 12.3. The van der Waals surface area contributed by atoms with Gasteiger partial charge in [0.05, 0.1) is 0 Å². The number of hydrogen-bond donors (Lipinski definition) is 2. The largest absolute Gasteiger partial charge is 0.480 e. The number of amides is 2. The number of aromatic nitrogens is 1. The van der Waals surface area contributed by atoms with Gasteiger partial charge in [0.2, 0.25) is 5.91 Å². The van der Waals surface area contributed by atoms with Gasteiger partial charge in [0.15, 0.2) is 5.13 Å². The van der Waals surface area contributed by atoms with Crippen molar-refractivity contribution >= 4 is 34.3 Å². The lowest BCUT2D eigenvalue weighted by molar-refractivity contribution is -0.138. The fourth-order valence-corrected chi connectivity index (χ4v) is 2.25. The Kier molecular flexibility index (Phi) is 5.63. The third-order valence-corrected chi connectivity index (χ3v) is 3.45. The second kappa shape index (κ2) is 6.99. The average molecular weight is 299 g/mol. The van der Waals surface area contributed by atoms with E-state index in [9.17, 15) is 14.4 Å². The lowest BCUT2D eigenvalue weighted by Crippen LogP contribution is -2.42. The summed E-state index contributed by atoms with van der Waals surface area (Å²) in [6.45, 7) is 4.62. The number of carboxylic acids is 1. The van der Waals surface area contributed by atoms with Crippen molar-refractivity contribution < 1.29 is 19.5 Å². The predicted molar refractivity (Wildman–Crippen MR) is 74.8 cm³/mol. The molecule has 8 heteroatoms. The van der Waals surface area contributed by atoms with Gasteiger partial charge in [-0.05, 0) is 13.3 Å². The highest BCUT2D eigenvalue weighted by Gasteiger charge is 2.24. The molecule has 0 aliphatic rings. The van der Waals surface area contributed by atoms with Crippen LogP contribution in [-0.4, -0.2) is 45.4 Å². The number of rotatable bonds is 6. The number of nitrogens with zero attached hydrogens (tertiary/aromatic N) is 2. The van der Waals surface area contributed by atoms with Crippen molar-refractivity contribution in [2.75, 3.05) is 11.9 Å². The summed E-state index contributed by atoms with van der Waals surface area (Å²) in [6.07, 6.45) is 0.641. The van der Waals surface area contributed by atoms with Crippen molar-refractivity contribution in [3.05, 3.63) is 11.1 Å². The molecule has 0 saturated heterocycles. The van der Waals surface area contributed by atoms with Crippen LogP contribution in [-0.2, 0) is 9.59 Å². The smallest absolute Gasteiger partial charge is 0.323 e. The fraction of sp³-hybridized carbons (Fsp3) is 0.500. The molecule has 1 atom stereocenters. The molecule has 0 spiro atoms. The minimum atomic E-state index is -1.07. The van der Waals surface area contributed by atoms with Crippen LogP contribution in [0.15, 0.2) is 5.38 Å². The van der Waals surface area contributed by atoms with E-state index in [1.807, 2.05) is 6.92 Å². The number of aliphatic carboxylic acids is 1. The lowest BCUT2D eigenvalue weighted by atomic mass is 10.2. The lowest BCUT2D eigenvalue weighted by Gasteiger charge is -2.26. The molecule has 0 aliphatic heterocycles. The molecule has 1 unspecified atom stereocenters. The van der Waals surface area contributed by atoms with Crippen LogP contribution >= 0.6 is 11.3 Å². The van der Waals surface area contributed by atoms with Gasteiger partial charge in [-0.25, -0.2) is 4.98 Å². The normalized spacial score (nSPS) is 11.8. The van der Waals surface area contributed by atoms with Gasteiger partial charge in [-0.15, -0.1) is 11.3 Å². The molecule has 1 rings (SSSR count). The Hall–Kier alpha value is -1.96. The summed E-state index contributed by atoms with van der Waals surface area (Å²) in [7, 11) is 0. The van der Waals surface area contributed by atoms with Crippen molar-refractivity contribution in [3.8, 4) is 0 Å². The van der Waals surface area contributed by atoms with E-state index in [1.54, 1.807) is 6.92 Å². The van der Waals surface area contributed by atoms with Crippen molar-refractivity contribution in [2.24, 2.45) is 0 Å². The molecular formula is C12H17N3O4S. The molecule has 0 aromatic carbocycles. The quantitative estimate of drug-likeness (QED) is 0.827. The molecule has 20 heavy (non-hydrogen) atoms. The molecule has 0 radical (unpaired) electrons. The first-order valence-electron chi connectivity index (χ1n) is 6.11. The Labute approximate surface area is 120 Å². The van der Waals surface area contributed by atoms with Crippen LogP contribution in [0.2, 0.25) is 0 Å². The van der Waals surface area contributed by atoms with Crippen molar-refractivity contribution in [2.45, 2.75) is 33.2 Å². The van der Waals surface area contributed by atoms with E-state index >= 15 is 0 Å². The molecule has 1 aromatic rings. The van der Waals surface area contributed by atoms with Gasteiger partial charge >= 0.3 is 5.97 Å². The van der Waals surface area contributed by atoms with E-state index in [2.05, 4.69) is 10.3 Å². The van der Waals surface area contributed by atoms with Crippen LogP contribution in [0.4, 0.5) is 5.13 Å². The molecule has 110 valence electrons. The molecule has 0 aliphatic carbocycles. The summed E-state index contributed by atoms with van der Waals surface area (Å²) >= 11 is 1.12. The standard InChI is InChI=1S/C12H17N3O4S/c1-4-7(2)15(5-10(17)18)11(19)9-6-20-12(14-9)13-8(3)16/h6-7H,4-5H2,1-3H3,(H,17,18)(H,13,14,16). The average Bonchev–Trinajstić information content (AvgIpc) is 2.81. The number of thiazole rings is 1. The van der Waals surface area contributed by atoms with Gasteiger partial charge in [0.25, 0.3) is 5.91 Å². The molecule has 0 saturated carbocycles. The highest BCUT2D eigenvalue weighted by molar-refractivity contribution is 7.14. The zero-order valence-electron chi connectivity index (χ0n) is 11.5. The van der Waals surface area contributed by atoms with Gasteiger partial charge in [0, 0.05) is 18.3 Å². The van der Waals surface area contributed by atoms with E-state index in [4.69, 9.17) is 5.11 Å². The second-order valence-corrected chi connectivity index (χ2v) is 5.16. The van der Waals surface area contributed by atoms with Gasteiger partial charge in [-0.3, -0.25) is 14.4 Å². The van der Waals surface area contributed by atoms with Crippen molar-refractivity contribution in [1.82, 2.24) is 9.88 Å². The zero-order valence-corrected chi connectivity index (χ0v) is 12.4. The number of carboxylic acid groups (broad SMARTS) is 1. The molecular weight excluding hydrogens is 282 g/mol. The Bertz CT molecular complexity index is 515. The molecule has 2 N–H and O–H groups in total. The first-order valence-corrected chi connectivity index (χ1v) is 6.99. The molecule has 2 amide bonds. The van der Waals surface area contributed by atoms with Crippen LogP contribution in [0.5, 0.6) is 0 Å². The van der Waals surface area contributed by atoms with E-state index in [-0.39, 0.29) is 24.2 Å². The predicted octanol–water partition coefficient (Wildman–Crippen LogP) is 1.43. The Morgan fingerprint density at radius 2 is 2.15 bits per heavy atom. The third-order valence-electron chi connectivity index (χ3n) is 2.70. The maximum Gasteiger partial charge on any atom is 0.323 e. The first-order chi connectivity index (χ1) is 9.35. The first kappa shape index (κ1) is 16.1. The SMILES string of the molecule is CCC(C)N(CC(=O)O)C(=O)c1csc(NC(C)=O)n1. The molecule has 0 fully saturated rings. The van der Waals surface area contributed by atoms with Crippen LogP contribution in [0.3, 0.4) is 0 Å². The van der Waals surface area contributed by atoms with E-state index in [0.717, 1.165) is 11.3 Å². The Morgan fingerprint density at radius 3 is 2.65 bits per heavy atom. The minimum Gasteiger partial charge on any atom is -0.480 e. The van der Waals surface area contributed by atoms with Gasteiger partial charge in [0.1, 0.15) is 12.2 Å². The number of hydrogen-bond acceptors (Lipinski definition) is 5. The Morgan fingerprint density at radius 1 is 1.50 bits per heavy atom. The summed E-state index contributed by atoms with van der Waals surface area (Å²) in [5.41, 5.74) is 0.139. The van der Waals surface area contributed by atoms with E-state index < -0.39 is 11.9 Å². The number of carbonyl (C=O) groups excluding carboxylic acids is 2. The van der Waals surface area contributed by atoms with Gasteiger partial charge < -0.3 is 15.3 Å². The summed E-state index contributed by atoms with van der Waals surface area (Å²) in [6, 6.07) is -0.204. The highest BCUT2D eigenvalue weighted by Crippen LogP contribution is 2.18. The summed E-state index contributed by atoms with van der Waals surface area (Å²) < 4.78 is 0. The van der Waals surface area contributed by atoms with Crippen molar-refractivity contribution in [3.63, 3.8) is 0 Å². The molecule has 1 aromatic heterocycles. The van der Waals surface area contributed by atoms with Crippen LogP contribution < -0.4 is 5.32 Å². The molecule has 7 nitrogen and oxygen atoms in total. The third kappa shape index (κ3) is 4.30.